The minimum atomic E-state index is -3.02. The molecule has 0 radical (unpaired) electrons. The molecule has 5 heteroatoms. The van der Waals surface area contributed by atoms with Gasteiger partial charge in [-0.2, -0.15) is 0 Å². The third-order valence-electron chi connectivity index (χ3n) is 0.873. The van der Waals surface area contributed by atoms with Crippen molar-refractivity contribution in [3.63, 3.8) is 0 Å². The molecule has 3 nitrogen and oxygen atoms in total. The van der Waals surface area contributed by atoms with E-state index in [0.717, 1.165) is 12.6 Å². The van der Waals surface area contributed by atoms with Crippen LogP contribution in [0.3, 0.4) is 0 Å². The second-order valence-corrected chi connectivity index (χ2v) is 1.53. The minimum absolute atomic E-state index is 0.407. The van der Waals surface area contributed by atoms with Crippen LogP contribution in [0.5, 0.6) is 0 Å². The van der Waals surface area contributed by atoms with Crippen molar-refractivity contribution in [2.24, 2.45) is 0 Å². The first-order valence-electron chi connectivity index (χ1n) is 2.42. The van der Waals surface area contributed by atoms with E-state index < -0.39 is 18.0 Å². The number of alkyl halides is 2. The quantitative estimate of drug-likeness (QED) is 0.588. The predicted molar refractivity (Wildman–Crippen MR) is 26.8 cm³/mol. The first-order valence-corrected chi connectivity index (χ1v) is 2.42. The maximum absolute atomic E-state index is 11.6. The first-order chi connectivity index (χ1) is 4.72. The molecule has 0 atom stereocenters. The Balaban J connectivity index is 2.78. The van der Waals surface area contributed by atoms with Crippen LogP contribution in [0.2, 0.25) is 0 Å². The van der Waals surface area contributed by atoms with Crippen molar-refractivity contribution >= 4 is 5.78 Å². The van der Waals surface area contributed by atoms with Gasteiger partial charge in [-0.05, 0) is 0 Å². The highest BCUT2D eigenvalue weighted by Crippen LogP contribution is 2.05. The smallest absolute Gasteiger partial charge is 0.303 e. The summed E-state index contributed by atoms with van der Waals surface area (Å²) in [5.74, 6) is -1.74. The van der Waals surface area contributed by atoms with Crippen molar-refractivity contribution < 1.29 is 18.0 Å². The van der Waals surface area contributed by atoms with Gasteiger partial charge in [0, 0.05) is 0 Å². The number of hydrogen-bond acceptors (Lipinski definition) is 3. The van der Waals surface area contributed by atoms with Crippen LogP contribution in [0.1, 0.15) is 10.6 Å². The van der Waals surface area contributed by atoms with Crippen LogP contribution in [0.15, 0.2) is 17.0 Å². The molecule has 0 unspecified atom stereocenters. The topological polar surface area (TPSA) is 43.1 Å². The van der Waals surface area contributed by atoms with E-state index in [0.29, 0.717) is 0 Å². The molecule has 10 heavy (non-hydrogen) atoms. The summed E-state index contributed by atoms with van der Waals surface area (Å²) < 4.78 is 27.4. The number of Topliss-reactive ketones (excluding diaryl/α,β-unsaturated/α-hetero) is 1. The number of carbonyl (C=O) groups is 1. The largest absolute Gasteiger partial charge is 0.440 e. The Morgan fingerprint density at radius 2 is 2.40 bits per heavy atom. The third kappa shape index (κ3) is 1.18. The molecular formula is C5H3F2NO2. The van der Waals surface area contributed by atoms with Gasteiger partial charge in [-0.1, -0.05) is 0 Å². The minimum Gasteiger partial charge on any atom is -0.440 e. The van der Waals surface area contributed by atoms with Gasteiger partial charge in [-0.3, -0.25) is 4.79 Å². The lowest BCUT2D eigenvalue weighted by atomic mass is 10.3. The second kappa shape index (κ2) is 2.55. The van der Waals surface area contributed by atoms with Gasteiger partial charge < -0.3 is 4.42 Å². The van der Waals surface area contributed by atoms with Gasteiger partial charge in [-0.25, -0.2) is 13.8 Å². The highest BCUT2D eigenvalue weighted by molar-refractivity contribution is 5.95. The van der Waals surface area contributed by atoms with Crippen molar-refractivity contribution in [3.8, 4) is 0 Å². The maximum atomic E-state index is 11.6. The lowest BCUT2D eigenvalue weighted by Crippen LogP contribution is -2.08. The Morgan fingerprint density at radius 1 is 1.70 bits per heavy atom. The molecule has 0 saturated heterocycles. The summed E-state index contributed by atoms with van der Waals surface area (Å²) in [5, 5.41) is 0. The number of hydrogen-bond donors (Lipinski definition) is 0. The highest BCUT2D eigenvalue weighted by atomic mass is 19.3. The summed E-state index contributed by atoms with van der Waals surface area (Å²) in [6.07, 6.45) is -1.14. The fourth-order valence-corrected chi connectivity index (χ4v) is 0.445. The van der Waals surface area contributed by atoms with Crippen LogP contribution in [-0.2, 0) is 0 Å². The summed E-state index contributed by atoms with van der Waals surface area (Å²) >= 11 is 0. The van der Waals surface area contributed by atoms with Crippen LogP contribution in [0.4, 0.5) is 8.78 Å². The van der Waals surface area contributed by atoms with E-state index in [2.05, 4.69) is 9.40 Å². The predicted octanol–water partition coefficient (Wildman–Crippen LogP) is 1.12. The summed E-state index contributed by atoms with van der Waals surface area (Å²) in [6, 6.07) is 0. The molecule has 1 aromatic heterocycles. The molecule has 0 aromatic carbocycles. The van der Waals surface area contributed by atoms with E-state index in [9.17, 15) is 13.6 Å². The van der Waals surface area contributed by atoms with E-state index >= 15 is 0 Å². The first kappa shape index (κ1) is 6.85. The fraction of sp³-hybridized carbons (Fsp3) is 0.200. The zero-order chi connectivity index (χ0) is 7.56. The van der Waals surface area contributed by atoms with Crippen molar-refractivity contribution in [1.82, 2.24) is 4.98 Å². The third-order valence-corrected chi connectivity index (χ3v) is 0.873. The van der Waals surface area contributed by atoms with Gasteiger partial charge in [0.1, 0.15) is 0 Å². The lowest BCUT2D eigenvalue weighted by molar-refractivity contribution is 0.0649. The number of aromatic nitrogens is 1. The molecule has 0 saturated carbocycles. The molecule has 1 rings (SSSR count). The van der Waals surface area contributed by atoms with Gasteiger partial charge >= 0.3 is 6.43 Å². The van der Waals surface area contributed by atoms with Gasteiger partial charge in [-0.15, -0.1) is 0 Å². The number of oxazole rings is 1. The van der Waals surface area contributed by atoms with Crippen LogP contribution in [0, 0.1) is 0 Å². The van der Waals surface area contributed by atoms with Crippen molar-refractivity contribution in [3.05, 3.63) is 18.4 Å². The number of carbonyl (C=O) groups excluding carboxylic acids is 1. The Hall–Kier alpha value is -1.26. The second-order valence-electron chi connectivity index (χ2n) is 1.53. The standard InChI is InChI=1S/C5H3F2NO2/c6-5(7)4(9)3-1-8-2-10-3/h1-2,5H. The van der Waals surface area contributed by atoms with Crippen LogP contribution in [-0.4, -0.2) is 17.2 Å². The van der Waals surface area contributed by atoms with E-state index in [1.165, 1.54) is 0 Å². The van der Waals surface area contributed by atoms with Gasteiger partial charge in [0.15, 0.2) is 12.2 Å². The van der Waals surface area contributed by atoms with E-state index in [4.69, 9.17) is 0 Å². The molecule has 0 N–H and O–H groups in total. The normalized spacial score (nSPS) is 10.3. The lowest BCUT2D eigenvalue weighted by Gasteiger charge is -1.89. The summed E-state index contributed by atoms with van der Waals surface area (Å²) in [5.41, 5.74) is 0. The van der Waals surface area contributed by atoms with Crippen LogP contribution >= 0.6 is 0 Å². The number of rotatable bonds is 2. The Kier molecular flexibility index (Phi) is 1.75. The average molecular weight is 147 g/mol. The molecule has 0 bridgehead atoms. The summed E-state index contributed by atoms with van der Waals surface area (Å²) in [7, 11) is 0. The average Bonchev–Trinajstić information content (AvgIpc) is 2.36. The zero-order valence-corrected chi connectivity index (χ0v) is 4.75. The van der Waals surface area contributed by atoms with Crippen LogP contribution in [0.25, 0.3) is 0 Å². The van der Waals surface area contributed by atoms with Gasteiger partial charge in [0.05, 0.1) is 6.20 Å². The van der Waals surface area contributed by atoms with Crippen LogP contribution < -0.4 is 0 Å². The molecule has 1 heterocycles. The van der Waals surface area contributed by atoms with Crippen molar-refractivity contribution in [1.29, 1.82) is 0 Å². The number of halogens is 2. The van der Waals surface area contributed by atoms with E-state index in [1.54, 1.807) is 0 Å². The Morgan fingerprint density at radius 3 is 2.80 bits per heavy atom. The van der Waals surface area contributed by atoms with Crippen molar-refractivity contribution in [2.45, 2.75) is 6.43 Å². The molecule has 1 aromatic rings. The molecule has 0 fully saturated rings. The molecule has 0 aliphatic heterocycles. The van der Waals surface area contributed by atoms with E-state index in [-0.39, 0.29) is 0 Å². The molecular weight excluding hydrogens is 144 g/mol. The fourth-order valence-electron chi connectivity index (χ4n) is 0.445. The van der Waals surface area contributed by atoms with Gasteiger partial charge in [0.25, 0.3) is 5.78 Å². The molecule has 0 aliphatic rings. The molecule has 0 spiro atoms. The maximum Gasteiger partial charge on any atom is 0.303 e. The van der Waals surface area contributed by atoms with Gasteiger partial charge in [0.2, 0.25) is 0 Å². The summed E-state index contributed by atoms with van der Waals surface area (Å²) in [4.78, 5) is 13.6. The monoisotopic (exact) mass is 147 g/mol. The molecule has 0 aliphatic carbocycles. The number of ketones is 1. The van der Waals surface area contributed by atoms with E-state index in [1.807, 2.05) is 0 Å². The highest BCUT2D eigenvalue weighted by Gasteiger charge is 2.20. The number of nitrogens with zero attached hydrogens (tertiary/aromatic N) is 1. The van der Waals surface area contributed by atoms with Crippen molar-refractivity contribution in [2.75, 3.05) is 0 Å². The Labute approximate surface area is 54.7 Å². The summed E-state index contributed by atoms with van der Waals surface area (Å²) in [6.45, 7) is 0. The Bertz CT molecular complexity index is 220. The molecule has 54 valence electrons. The SMILES string of the molecule is O=C(c1cnco1)C(F)F. The zero-order valence-electron chi connectivity index (χ0n) is 4.75. The molecule has 0 amide bonds.